The summed E-state index contributed by atoms with van der Waals surface area (Å²) in [4.78, 5) is 34.7. The molecule has 1 atom stereocenters. The van der Waals surface area contributed by atoms with Crippen LogP contribution in [-0.2, 0) is 0 Å². The molecule has 0 bridgehead atoms. The van der Waals surface area contributed by atoms with Gasteiger partial charge in [-0.15, -0.1) is 0 Å². The Morgan fingerprint density at radius 3 is 2.43 bits per heavy atom. The van der Waals surface area contributed by atoms with E-state index < -0.39 is 34.8 Å². The van der Waals surface area contributed by atoms with Gasteiger partial charge in [-0.1, -0.05) is 24.3 Å². The molecule has 0 aliphatic heterocycles. The number of nitrogens with zero attached hydrogens (tertiary/aromatic N) is 4. The third kappa shape index (κ3) is 4.83. The summed E-state index contributed by atoms with van der Waals surface area (Å²) in [5.41, 5.74) is 6.24. The number of hydrogen-bond donors (Lipinski definition) is 2. The second kappa shape index (κ2) is 11.0. The summed E-state index contributed by atoms with van der Waals surface area (Å²) in [7, 11) is 0. The number of amides is 1. The average molecular weight is 599 g/mol. The number of aromatic nitrogens is 4. The number of anilines is 1. The molecule has 0 fully saturated rings. The van der Waals surface area contributed by atoms with Gasteiger partial charge in [-0.25, -0.2) is 27.8 Å². The van der Waals surface area contributed by atoms with Crippen molar-refractivity contribution in [3.05, 3.63) is 106 Å². The Morgan fingerprint density at radius 1 is 0.932 bits per heavy atom. The molecule has 0 spiro atoms. The molecule has 0 aliphatic carbocycles. The Bertz CT molecular complexity index is 2160. The van der Waals surface area contributed by atoms with Crippen LogP contribution in [0.5, 0.6) is 0 Å². The van der Waals surface area contributed by atoms with Gasteiger partial charge < -0.3 is 15.5 Å². The number of fused-ring (bicyclic) bond motifs is 2. The molecule has 1 unspecified atom stereocenters. The second-order valence-electron chi connectivity index (χ2n) is 10.5. The highest BCUT2D eigenvalue weighted by Crippen LogP contribution is 2.37. The summed E-state index contributed by atoms with van der Waals surface area (Å²) in [6.45, 7) is 5.20. The van der Waals surface area contributed by atoms with Gasteiger partial charge in [-0.05, 0) is 62.7 Å². The van der Waals surface area contributed by atoms with Crippen LogP contribution in [0.3, 0.4) is 0 Å². The fourth-order valence-corrected chi connectivity index (χ4v) is 5.19. The van der Waals surface area contributed by atoms with Gasteiger partial charge in [0.15, 0.2) is 5.65 Å². The lowest BCUT2D eigenvalue weighted by atomic mass is 9.99. The highest BCUT2D eigenvalue weighted by Gasteiger charge is 2.28. The van der Waals surface area contributed by atoms with E-state index in [2.05, 4.69) is 15.3 Å². The molecule has 44 heavy (non-hydrogen) atoms. The van der Waals surface area contributed by atoms with E-state index in [4.69, 9.17) is 15.2 Å². The molecule has 1 amide bonds. The molecule has 12 heteroatoms. The Kier molecular flexibility index (Phi) is 7.12. The maximum absolute atomic E-state index is 15.2. The number of carbonyl (C=O) groups is 1. The largest absolute Gasteiger partial charge is 0.458 e. The number of nitrogen functional groups attached to an aromatic ring is 1. The first-order valence-electron chi connectivity index (χ1n) is 13.7. The Balaban J connectivity index is 1.57. The fraction of sp³-hybridized carbons (Fsp3) is 0.156. The summed E-state index contributed by atoms with van der Waals surface area (Å²) < 4.78 is 52.0. The molecule has 3 aromatic carbocycles. The van der Waals surface area contributed by atoms with E-state index in [1.54, 1.807) is 20.8 Å². The molecule has 0 aliphatic rings. The van der Waals surface area contributed by atoms with Crippen LogP contribution in [0.1, 0.15) is 42.9 Å². The van der Waals surface area contributed by atoms with E-state index in [0.717, 1.165) is 18.2 Å². The number of benzene rings is 3. The monoisotopic (exact) mass is 598 g/mol. The standard InChI is InChI=1S/C32H25F3N6O3/c1-15(2)39-32(43)20-11-10-18(13-22(20)35)27-26-30(36)37-14-38-31(26)41(40-27)16(3)29-24(17-6-4-7-19(33)12-17)28(42)25-21(34)8-5-9-23(25)44-29/h4-16H,1-3H3,(H,39,43)(H2,36,37,38). The summed E-state index contributed by atoms with van der Waals surface area (Å²) in [6.07, 6.45) is 1.23. The van der Waals surface area contributed by atoms with Gasteiger partial charge in [-0.3, -0.25) is 9.59 Å². The van der Waals surface area contributed by atoms with E-state index in [-0.39, 0.29) is 62.2 Å². The molecule has 9 nitrogen and oxygen atoms in total. The zero-order valence-electron chi connectivity index (χ0n) is 23.7. The molecular weight excluding hydrogens is 573 g/mol. The van der Waals surface area contributed by atoms with Crippen LogP contribution in [0, 0.1) is 17.5 Å². The molecule has 3 heterocycles. The van der Waals surface area contributed by atoms with Crippen molar-refractivity contribution in [2.45, 2.75) is 32.9 Å². The van der Waals surface area contributed by atoms with E-state index >= 15 is 4.39 Å². The van der Waals surface area contributed by atoms with Gasteiger partial charge in [0.05, 0.1) is 16.5 Å². The van der Waals surface area contributed by atoms with Gasteiger partial charge in [0, 0.05) is 11.6 Å². The molecule has 0 saturated heterocycles. The summed E-state index contributed by atoms with van der Waals surface area (Å²) in [6, 6.07) is 12.3. The molecule has 3 aromatic heterocycles. The molecule has 222 valence electrons. The second-order valence-corrected chi connectivity index (χ2v) is 10.5. The van der Waals surface area contributed by atoms with Crippen molar-refractivity contribution < 1.29 is 22.4 Å². The SMILES string of the molecule is CC(C)NC(=O)c1ccc(-c2nn(C(C)c3oc4cccc(F)c4c(=O)c3-c3cccc(F)c3)c3ncnc(N)c23)cc1F. The van der Waals surface area contributed by atoms with Crippen LogP contribution in [-0.4, -0.2) is 31.7 Å². The van der Waals surface area contributed by atoms with Gasteiger partial charge in [-0.2, -0.15) is 5.10 Å². The van der Waals surface area contributed by atoms with Crippen molar-refractivity contribution in [3.63, 3.8) is 0 Å². The normalized spacial score (nSPS) is 12.2. The smallest absolute Gasteiger partial charge is 0.254 e. The van der Waals surface area contributed by atoms with E-state index in [0.29, 0.717) is 5.39 Å². The third-order valence-corrected chi connectivity index (χ3v) is 7.18. The van der Waals surface area contributed by atoms with Crippen molar-refractivity contribution in [1.29, 1.82) is 0 Å². The minimum atomic E-state index is -0.889. The lowest BCUT2D eigenvalue weighted by Crippen LogP contribution is -2.30. The van der Waals surface area contributed by atoms with Crippen LogP contribution in [0.4, 0.5) is 19.0 Å². The quantitative estimate of drug-likeness (QED) is 0.240. The number of nitrogens with one attached hydrogen (secondary N) is 1. The first-order valence-corrected chi connectivity index (χ1v) is 13.7. The molecule has 0 radical (unpaired) electrons. The number of hydrogen-bond acceptors (Lipinski definition) is 7. The van der Waals surface area contributed by atoms with Gasteiger partial charge >= 0.3 is 0 Å². The molecule has 6 rings (SSSR count). The van der Waals surface area contributed by atoms with Crippen LogP contribution in [0.2, 0.25) is 0 Å². The lowest BCUT2D eigenvalue weighted by Gasteiger charge is -2.17. The minimum Gasteiger partial charge on any atom is -0.458 e. The van der Waals surface area contributed by atoms with Crippen molar-refractivity contribution in [2.24, 2.45) is 0 Å². The summed E-state index contributed by atoms with van der Waals surface area (Å²) in [5, 5.41) is 7.36. The van der Waals surface area contributed by atoms with E-state index in [1.807, 2.05) is 0 Å². The molecule has 0 saturated carbocycles. The molecule has 6 aromatic rings. The molecular formula is C32H25F3N6O3. The Morgan fingerprint density at radius 2 is 1.70 bits per heavy atom. The lowest BCUT2D eigenvalue weighted by molar-refractivity contribution is 0.0939. The van der Waals surface area contributed by atoms with Crippen LogP contribution in [0.15, 0.2) is 76.2 Å². The molecule has 3 N–H and O–H groups in total. The van der Waals surface area contributed by atoms with Crippen LogP contribution >= 0.6 is 0 Å². The van der Waals surface area contributed by atoms with Gasteiger partial charge in [0.2, 0.25) is 5.43 Å². The number of nitrogens with two attached hydrogens (primary N) is 1. The Labute approximate surface area is 248 Å². The predicted molar refractivity (Wildman–Crippen MR) is 159 cm³/mol. The highest BCUT2D eigenvalue weighted by molar-refractivity contribution is 6.00. The zero-order chi connectivity index (χ0) is 31.3. The topological polar surface area (TPSA) is 129 Å². The summed E-state index contributed by atoms with van der Waals surface area (Å²) in [5.74, 6) is -2.62. The van der Waals surface area contributed by atoms with Crippen LogP contribution < -0.4 is 16.5 Å². The average Bonchev–Trinajstić information content (AvgIpc) is 3.37. The maximum Gasteiger partial charge on any atom is 0.254 e. The van der Waals surface area contributed by atoms with Gasteiger partial charge in [0.25, 0.3) is 5.91 Å². The Hall–Kier alpha value is -5.52. The first kappa shape index (κ1) is 28.6. The van der Waals surface area contributed by atoms with Crippen molar-refractivity contribution >= 4 is 33.7 Å². The van der Waals surface area contributed by atoms with Gasteiger partial charge in [0.1, 0.15) is 58.1 Å². The third-order valence-electron chi connectivity index (χ3n) is 7.18. The van der Waals surface area contributed by atoms with Crippen molar-refractivity contribution in [1.82, 2.24) is 25.1 Å². The van der Waals surface area contributed by atoms with Crippen molar-refractivity contribution in [2.75, 3.05) is 5.73 Å². The zero-order valence-corrected chi connectivity index (χ0v) is 23.7. The maximum atomic E-state index is 15.2. The van der Waals surface area contributed by atoms with Crippen LogP contribution in [0.25, 0.3) is 44.4 Å². The van der Waals surface area contributed by atoms with E-state index in [1.165, 1.54) is 53.5 Å². The fourth-order valence-electron chi connectivity index (χ4n) is 5.19. The summed E-state index contributed by atoms with van der Waals surface area (Å²) >= 11 is 0. The first-order chi connectivity index (χ1) is 21.0. The number of carbonyl (C=O) groups excluding carboxylic acids is 1. The van der Waals surface area contributed by atoms with E-state index in [9.17, 15) is 18.4 Å². The van der Waals surface area contributed by atoms with Crippen molar-refractivity contribution in [3.8, 4) is 22.4 Å². The number of halogens is 3. The number of rotatable bonds is 6. The predicted octanol–water partition coefficient (Wildman–Crippen LogP) is 6.01. The minimum absolute atomic E-state index is 0.0137. The highest BCUT2D eigenvalue weighted by atomic mass is 19.1.